The third kappa shape index (κ3) is 3.05. The van der Waals surface area contributed by atoms with E-state index in [1.54, 1.807) is 4.90 Å². The average Bonchev–Trinajstić information content (AvgIpc) is 2.48. The number of rotatable bonds is 4. The Hall–Kier alpha value is -1.06. The molecule has 0 radical (unpaired) electrons. The molecule has 0 aromatic carbocycles. The number of hydrogen-bond donors (Lipinski definition) is 1. The van der Waals surface area contributed by atoms with Crippen molar-refractivity contribution in [1.82, 2.24) is 10.2 Å². The molecule has 0 spiro atoms. The normalized spacial score (nSPS) is 16.4. The minimum absolute atomic E-state index is 0.0298. The number of hydrogen-bond acceptors (Lipinski definition) is 2. The highest BCUT2D eigenvalue weighted by atomic mass is 16.2. The summed E-state index contributed by atoms with van der Waals surface area (Å²) in [5, 5.41) is 2.71. The van der Waals surface area contributed by atoms with Crippen molar-refractivity contribution in [1.29, 1.82) is 0 Å². The summed E-state index contributed by atoms with van der Waals surface area (Å²) in [4.78, 5) is 24.0. The molecule has 0 aromatic rings. The molecule has 1 N–H and O–H groups in total. The van der Waals surface area contributed by atoms with Crippen LogP contribution < -0.4 is 5.32 Å². The lowest BCUT2D eigenvalue weighted by atomic mass is 10.3. The van der Waals surface area contributed by atoms with Gasteiger partial charge < -0.3 is 10.2 Å². The van der Waals surface area contributed by atoms with Gasteiger partial charge in [-0.2, -0.15) is 0 Å². The molecule has 0 aromatic heterocycles. The highest BCUT2D eigenvalue weighted by molar-refractivity contribution is 5.80. The van der Waals surface area contributed by atoms with Crippen LogP contribution in [0.2, 0.25) is 0 Å². The molecule has 0 aliphatic carbocycles. The zero-order valence-electron chi connectivity index (χ0n) is 8.01. The van der Waals surface area contributed by atoms with Crippen molar-refractivity contribution in [2.75, 3.05) is 19.6 Å². The number of amides is 2. The van der Waals surface area contributed by atoms with Crippen LogP contribution >= 0.6 is 0 Å². The second-order valence-corrected chi connectivity index (χ2v) is 3.19. The van der Waals surface area contributed by atoms with Gasteiger partial charge in [0, 0.05) is 32.5 Å². The van der Waals surface area contributed by atoms with Crippen molar-refractivity contribution in [2.45, 2.75) is 26.2 Å². The number of carbonyl (C=O) groups is 2. The summed E-state index contributed by atoms with van der Waals surface area (Å²) in [5.74, 6) is 0.214. The Labute approximate surface area is 78.3 Å². The fourth-order valence-corrected chi connectivity index (χ4v) is 1.46. The lowest BCUT2D eigenvalue weighted by Gasteiger charge is -2.14. The molecule has 4 nitrogen and oxygen atoms in total. The average molecular weight is 184 g/mol. The highest BCUT2D eigenvalue weighted by Gasteiger charge is 2.19. The topological polar surface area (TPSA) is 49.4 Å². The number of likely N-dealkylation sites (tertiary alicyclic amines) is 1. The predicted octanol–water partition coefficient (Wildman–Crippen LogP) is 0.135. The zero-order chi connectivity index (χ0) is 9.68. The van der Waals surface area contributed by atoms with Gasteiger partial charge in [0.2, 0.25) is 11.8 Å². The van der Waals surface area contributed by atoms with E-state index in [4.69, 9.17) is 0 Å². The Morgan fingerprint density at radius 2 is 2.38 bits per heavy atom. The number of nitrogens with one attached hydrogen (secondary N) is 1. The van der Waals surface area contributed by atoms with Crippen LogP contribution in [0.3, 0.4) is 0 Å². The summed E-state index contributed by atoms with van der Waals surface area (Å²) >= 11 is 0. The summed E-state index contributed by atoms with van der Waals surface area (Å²) < 4.78 is 0. The Morgan fingerprint density at radius 3 is 2.92 bits per heavy atom. The van der Waals surface area contributed by atoms with Gasteiger partial charge in [-0.05, 0) is 13.3 Å². The van der Waals surface area contributed by atoms with E-state index in [9.17, 15) is 9.59 Å². The standard InChI is InChI=1S/C9H16N2O2/c1-2-10-8(12)5-7-11-6-3-4-9(11)13/h2-7H2,1H3,(H,10,12). The lowest BCUT2D eigenvalue weighted by molar-refractivity contribution is -0.128. The molecule has 0 atom stereocenters. The Morgan fingerprint density at radius 1 is 1.62 bits per heavy atom. The lowest BCUT2D eigenvalue weighted by Crippen LogP contribution is -2.31. The maximum Gasteiger partial charge on any atom is 0.222 e. The minimum Gasteiger partial charge on any atom is -0.356 e. The maximum atomic E-state index is 11.1. The van der Waals surface area contributed by atoms with Crippen LogP contribution in [0.4, 0.5) is 0 Å². The first kappa shape index (κ1) is 10.0. The van der Waals surface area contributed by atoms with Crippen molar-refractivity contribution in [3.8, 4) is 0 Å². The minimum atomic E-state index is 0.0298. The van der Waals surface area contributed by atoms with Gasteiger partial charge in [0.15, 0.2) is 0 Å². The molecule has 1 aliphatic rings. The van der Waals surface area contributed by atoms with Gasteiger partial charge in [-0.1, -0.05) is 0 Å². The molecule has 1 fully saturated rings. The molecule has 1 heterocycles. The van der Waals surface area contributed by atoms with Crippen LogP contribution in [0, 0.1) is 0 Å². The van der Waals surface area contributed by atoms with Crippen LogP contribution in [0.5, 0.6) is 0 Å². The van der Waals surface area contributed by atoms with Crippen LogP contribution in [0.25, 0.3) is 0 Å². The summed E-state index contributed by atoms with van der Waals surface area (Å²) in [6.45, 7) is 3.94. The number of carbonyl (C=O) groups excluding carboxylic acids is 2. The third-order valence-electron chi connectivity index (χ3n) is 2.15. The van der Waals surface area contributed by atoms with Crippen LogP contribution in [-0.4, -0.2) is 36.3 Å². The van der Waals surface area contributed by atoms with Gasteiger partial charge in [0.25, 0.3) is 0 Å². The smallest absolute Gasteiger partial charge is 0.222 e. The van der Waals surface area contributed by atoms with Crippen molar-refractivity contribution in [3.05, 3.63) is 0 Å². The van der Waals surface area contributed by atoms with Gasteiger partial charge in [-0.15, -0.1) is 0 Å². The largest absolute Gasteiger partial charge is 0.356 e. The van der Waals surface area contributed by atoms with E-state index < -0.39 is 0 Å². The second-order valence-electron chi connectivity index (χ2n) is 3.19. The number of nitrogens with zero attached hydrogens (tertiary/aromatic N) is 1. The fourth-order valence-electron chi connectivity index (χ4n) is 1.46. The van der Waals surface area contributed by atoms with Gasteiger partial charge in [-0.25, -0.2) is 0 Å². The Balaban J connectivity index is 2.18. The summed E-state index contributed by atoms with van der Waals surface area (Å²) in [6.07, 6.45) is 2.02. The molecule has 4 heteroatoms. The molecule has 0 unspecified atom stereocenters. The first-order valence-corrected chi connectivity index (χ1v) is 4.78. The molecule has 13 heavy (non-hydrogen) atoms. The monoisotopic (exact) mass is 184 g/mol. The van der Waals surface area contributed by atoms with E-state index in [1.165, 1.54) is 0 Å². The van der Waals surface area contributed by atoms with Gasteiger partial charge >= 0.3 is 0 Å². The van der Waals surface area contributed by atoms with Gasteiger partial charge in [0.1, 0.15) is 0 Å². The van der Waals surface area contributed by atoms with Crippen molar-refractivity contribution < 1.29 is 9.59 Å². The van der Waals surface area contributed by atoms with Gasteiger partial charge in [-0.3, -0.25) is 9.59 Å². The van der Waals surface area contributed by atoms with Crippen LogP contribution in [-0.2, 0) is 9.59 Å². The highest BCUT2D eigenvalue weighted by Crippen LogP contribution is 2.09. The predicted molar refractivity (Wildman–Crippen MR) is 49.1 cm³/mol. The van der Waals surface area contributed by atoms with Crippen LogP contribution in [0.1, 0.15) is 26.2 Å². The quantitative estimate of drug-likeness (QED) is 0.675. The Bertz CT molecular complexity index is 204. The first-order chi connectivity index (χ1) is 6.24. The van der Waals surface area contributed by atoms with Crippen molar-refractivity contribution in [2.24, 2.45) is 0 Å². The SMILES string of the molecule is CCNC(=O)CCN1CCCC1=O. The molecule has 0 bridgehead atoms. The molecule has 0 saturated carbocycles. The van der Waals surface area contributed by atoms with E-state index in [1.807, 2.05) is 6.92 Å². The Kier molecular flexibility index (Phi) is 3.73. The fraction of sp³-hybridized carbons (Fsp3) is 0.778. The van der Waals surface area contributed by atoms with E-state index in [0.29, 0.717) is 25.9 Å². The summed E-state index contributed by atoms with van der Waals surface area (Å²) in [6, 6.07) is 0. The molecule has 1 rings (SSSR count). The second kappa shape index (κ2) is 4.84. The zero-order valence-corrected chi connectivity index (χ0v) is 8.01. The van der Waals surface area contributed by atoms with Crippen molar-refractivity contribution in [3.63, 3.8) is 0 Å². The molecule has 1 aliphatic heterocycles. The van der Waals surface area contributed by atoms with E-state index >= 15 is 0 Å². The summed E-state index contributed by atoms with van der Waals surface area (Å²) in [5.41, 5.74) is 0. The molecular weight excluding hydrogens is 168 g/mol. The molecular formula is C9H16N2O2. The van der Waals surface area contributed by atoms with E-state index in [2.05, 4.69) is 5.32 Å². The van der Waals surface area contributed by atoms with E-state index in [0.717, 1.165) is 13.0 Å². The molecule has 2 amide bonds. The third-order valence-corrected chi connectivity index (χ3v) is 2.15. The summed E-state index contributed by atoms with van der Waals surface area (Å²) in [7, 11) is 0. The maximum absolute atomic E-state index is 11.1. The molecule has 1 saturated heterocycles. The van der Waals surface area contributed by atoms with Crippen LogP contribution in [0.15, 0.2) is 0 Å². The molecule has 74 valence electrons. The van der Waals surface area contributed by atoms with Gasteiger partial charge in [0.05, 0.1) is 0 Å². The van der Waals surface area contributed by atoms with E-state index in [-0.39, 0.29) is 11.8 Å². The van der Waals surface area contributed by atoms with Crippen molar-refractivity contribution >= 4 is 11.8 Å². The first-order valence-electron chi connectivity index (χ1n) is 4.78.